The largest absolute Gasteiger partial charge is 0.584 e. The third-order valence-electron chi connectivity index (χ3n) is 6.35. The van der Waals surface area contributed by atoms with Gasteiger partial charge < -0.3 is 18.5 Å². The van der Waals surface area contributed by atoms with Crippen LogP contribution in [0.15, 0.2) is 105 Å². The molecule has 6 rings (SSSR count). The maximum atomic E-state index is 13.8. The standard InChI is InChI=1S/C32H27O6PS2/c1-3-35-25-15-9-13-23-27(19-21-11-5-7-17-29(21)40-31(23)25)37-39(33,34)38-28-20-22-12-6-8-18-30(22)41-32-24(28)14-10-16-26(32)36-4-2/h5-20H,3-4H2,1-2H3,(H,33,34). The van der Waals surface area contributed by atoms with Gasteiger partial charge in [0.05, 0.1) is 23.0 Å². The molecule has 0 atom stereocenters. The fraction of sp³-hybridized carbons (Fsp3) is 0.125. The van der Waals surface area contributed by atoms with E-state index in [2.05, 4.69) is 0 Å². The molecule has 2 aliphatic heterocycles. The summed E-state index contributed by atoms with van der Waals surface area (Å²) in [5.74, 6) is 1.79. The van der Waals surface area contributed by atoms with Gasteiger partial charge in [0.15, 0.2) is 0 Å². The quantitative estimate of drug-likeness (QED) is 0.200. The van der Waals surface area contributed by atoms with Crippen LogP contribution in [-0.4, -0.2) is 18.1 Å². The monoisotopic (exact) mass is 602 g/mol. The molecule has 1 N–H and O–H groups in total. The Kier molecular flexibility index (Phi) is 7.91. The molecule has 41 heavy (non-hydrogen) atoms. The number of hydrogen-bond acceptors (Lipinski definition) is 7. The molecule has 0 aliphatic carbocycles. The van der Waals surface area contributed by atoms with Crippen molar-refractivity contribution in [3.8, 4) is 11.5 Å². The molecule has 0 spiro atoms. The molecule has 208 valence electrons. The van der Waals surface area contributed by atoms with Gasteiger partial charge in [0, 0.05) is 20.9 Å². The lowest BCUT2D eigenvalue weighted by atomic mass is 10.1. The molecule has 0 saturated heterocycles. The molecule has 0 bridgehead atoms. The Morgan fingerprint density at radius 2 is 1.07 bits per heavy atom. The Morgan fingerprint density at radius 1 is 0.634 bits per heavy atom. The second kappa shape index (κ2) is 11.7. The molecule has 0 amide bonds. The summed E-state index contributed by atoms with van der Waals surface area (Å²) in [5, 5.41) is 0. The third kappa shape index (κ3) is 5.79. The van der Waals surface area contributed by atoms with Gasteiger partial charge in [0.25, 0.3) is 0 Å². The van der Waals surface area contributed by atoms with E-state index in [9.17, 15) is 9.46 Å². The summed E-state index contributed by atoms with van der Waals surface area (Å²) in [7, 11) is -4.70. The van der Waals surface area contributed by atoms with Crippen molar-refractivity contribution in [2.24, 2.45) is 0 Å². The molecule has 4 aromatic carbocycles. The molecular weight excluding hydrogens is 575 g/mol. The van der Waals surface area contributed by atoms with Gasteiger partial charge in [-0.3, -0.25) is 4.89 Å². The summed E-state index contributed by atoms with van der Waals surface area (Å²) in [4.78, 5) is 14.8. The van der Waals surface area contributed by atoms with Crippen LogP contribution in [-0.2, 0) is 13.6 Å². The number of benzene rings is 4. The topological polar surface area (TPSA) is 74.2 Å². The minimum Gasteiger partial charge on any atom is -0.493 e. The Bertz CT molecular complexity index is 1610. The number of hydrogen-bond donors (Lipinski definition) is 1. The predicted molar refractivity (Wildman–Crippen MR) is 164 cm³/mol. The molecule has 9 heteroatoms. The van der Waals surface area contributed by atoms with E-state index >= 15 is 0 Å². The molecule has 0 unspecified atom stereocenters. The maximum absolute atomic E-state index is 13.8. The molecule has 0 fully saturated rings. The van der Waals surface area contributed by atoms with Crippen LogP contribution in [0.5, 0.6) is 11.5 Å². The summed E-state index contributed by atoms with van der Waals surface area (Å²) >= 11 is 3.06. The second-order valence-electron chi connectivity index (χ2n) is 9.08. The number of phosphoric ester groups is 1. The Morgan fingerprint density at radius 3 is 1.51 bits per heavy atom. The zero-order valence-corrected chi connectivity index (χ0v) is 24.9. The van der Waals surface area contributed by atoms with Crippen LogP contribution >= 0.6 is 31.3 Å². The molecule has 4 aromatic rings. The van der Waals surface area contributed by atoms with Crippen molar-refractivity contribution in [1.29, 1.82) is 0 Å². The minimum atomic E-state index is -4.70. The SMILES string of the molecule is CCOc1cccc2c1Sc1ccccc1C=C2OP(=O)(O)OC1=Cc2ccccc2Sc2c(OCC)cccc21. The van der Waals surface area contributed by atoms with Gasteiger partial charge >= 0.3 is 7.82 Å². The van der Waals surface area contributed by atoms with E-state index in [-0.39, 0.29) is 11.5 Å². The van der Waals surface area contributed by atoms with Gasteiger partial charge in [0.2, 0.25) is 0 Å². The zero-order valence-electron chi connectivity index (χ0n) is 22.4. The highest BCUT2D eigenvalue weighted by molar-refractivity contribution is 8.00. The van der Waals surface area contributed by atoms with Crippen LogP contribution in [0.3, 0.4) is 0 Å². The fourth-order valence-electron chi connectivity index (χ4n) is 4.63. The first-order chi connectivity index (χ1) is 20.0. The van der Waals surface area contributed by atoms with E-state index in [4.69, 9.17) is 18.5 Å². The van der Waals surface area contributed by atoms with Crippen LogP contribution in [0.25, 0.3) is 23.7 Å². The smallest absolute Gasteiger partial charge is 0.493 e. The lowest BCUT2D eigenvalue weighted by Crippen LogP contribution is -2.00. The number of phosphoric acid groups is 1. The highest BCUT2D eigenvalue weighted by Crippen LogP contribution is 2.56. The van der Waals surface area contributed by atoms with Gasteiger partial charge in [-0.1, -0.05) is 72.1 Å². The Balaban J connectivity index is 1.42. The molecule has 6 nitrogen and oxygen atoms in total. The Labute approximate surface area is 247 Å². The summed E-state index contributed by atoms with van der Waals surface area (Å²) < 4.78 is 37.4. The van der Waals surface area contributed by atoms with Crippen LogP contribution in [0.2, 0.25) is 0 Å². The lowest BCUT2D eigenvalue weighted by molar-refractivity contribution is 0.263. The van der Waals surface area contributed by atoms with Gasteiger partial charge in [-0.2, -0.15) is 0 Å². The first-order valence-electron chi connectivity index (χ1n) is 13.2. The van der Waals surface area contributed by atoms with E-state index < -0.39 is 7.82 Å². The second-order valence-corrected chi connectivity index (χ2v) is 12.5. The van der Waals surface area contributed by atoms with Gasteiger partial charge in [-0.25, -0.2) is 4.57 Å². The highest BCUT2D eigenvalue weighted by atomic mass is 32.2. The van der Waals surface area contributed by atoms with Gasteiger partial charge in [-0.05, 0) is 73.5 Å². The zero-order chi connectivity index (χ0) is 28.4. The van der Waals surface area contributed by atoms with Crippen LogP contribution < -0.4 is 9.47 Å². The first kappa shape index (κ1) is 27.6. The molecule has 0 aromatic heterocycles. The van der Waals surface area contributed by atoms with Crippen molar-refractivity contribution in [1.82, 2.24) is 0 Å². The summed E-state index contributed by atoms with van der Waals surface area (Å²) in [6.45, 7) is 4.81. The van der Waals surface area contributed by atoms with Gasteiger partial charge in [-0.15, -0.1) is 0 Å². The lowest BCUT2D eigenvalue weighted by Gasteiger charge is -2.20. The van der Waals surface area contributed by atoms with Crippen molar-refractivity contribution < 1.29 is 28.0 Å². The van der Waals surface area contributed by atoms with Crippen molar-refractivity contribution in [2.75, 3.05) is 13.2 Å². The van der Waals surface area contributed by atoms with Crippen molar-refractivity contribution in [3.63, 3.8) is 0 Å². The minimum absolute atomic E-state index is 0.220. The molecule has 0 radical (unpaired) electrons. The fourth-order valence-corrected chi connectivity index (χ4v) is 7.70. The normalized spacial score (nSPS) is 13.6. The van der Waals surface area contributed by atoms with Crippen molar-refractivity contribution in [2.45, 2.75) is 33.4 Å². The van der Waals surface area contributed by atoms with Gasteiger partial charge in [0.1, 0.15) is 23.0 Å². The van der Waals surface area contributed by atoms with E-state index in [1.165, 1.54) is 23.5 Å². The van der Waals surface area contributed by atoms with E-state index in [1.807, 2.05) is 98.8 Å². The number of fused-ring (bicyclic) bond motifs is 4. The molecule has 0 saturated carbocycles. The predicted octanol–water partition coefficient (Wildman–Crippen LogP) is 9.24. The maximum Gasteiger partial charge on any atom is 0.584 e. The Hall–Kier alpha value is -3.55. The summed E-state index contributed by atoms with van der Waals surface area (Å²) in [5.41, 5.74) is 3.00. The molecular formula is C32H27O6PS2. The van der Waals surface area contributed by atoms with Crippen LogP contribution in [0.1, 0.15) is 36.1 Å². The van der Waals surface area contributed by atoms with E-state index in [1.54, 1.807) is 12.2 Å². The van der Waals surface area contributed by atoms with Crippen LogP contribution in [0, 0.1) is 0 Å². The third-order valence-corrected chi connectivity index (χ3v) is 9.64. The average molecular weight is 603 g/mol. The first-order valence-corrected chi connectivity index (χ1v) is 16.3. The summed E-state index contributed by atoms with van der Waals surface area (Å²) in [6.07, 6.45) is 3.54. The molecule has 2 aliphatic rings. The van der Waals surface area contributed by atoms with E-state index in [0.717, 1.165) is 30.7 Å². The molecule has 2 heterocycles. The average Bonchev–Trinajstić information content (AvgIpc) is 3.21. The van der Waals surface area contributed by atoms with Crippen molar-refractivity contribution in [3.05, 3.63) is 107 Å². The van der Waals surface area contributed by atoms with E-state index in [0.29, 0.717) is 35.8 Å². The summed E-state index contributed by atoms with van der Waals surface area (Å²) in [6, 6.07) is 26.8. The number of ether oxygens (including phenoxy) is 2. The van der Waals surface area contributed by atoms with Crippen molar-refractivity contribution >= 4 is 55.0 Å². The van der Waals surface area contributed by atoms with Crippen LogP contribution in [0.4, 0.5) is 0 Å². The number of rotatable bonds is 8. The highest BCUT2D eigenvalue weighted by Gasteiger charge is 2.33.